The van der Waals surface area contributed by atoms with E-state index in [1.165, 1.54) is 6.08 Å². The van der Waals surface area contributed by atoms with Crippen molar-refractivity contribution >= 4 is 0 Å². The topological polar surface area (TPSA) is 0 Å². The predicted molar refractivity (Wildman–Crippen MR) is 36.7 cm³/mol. The van der Waals surface area contributed by atoms with Crippen LogP contribution < -0.4 is 0 Å². The molecular formula is C8H9F. The highest BCUT2D eigenvalue weighted by atomic mass is 19.1. The van der Waals surface area contributed by atoms with E-state index in [0.29, 0.717) is 6.42 Å². The molecular weight excluding hydrogens is 115 g/mol. The molecule has 0 radical (unpaired) electrons. The molecule has 0 amide bonds. The Morgan fingerprint density at radius 2 is 2.33 bits per heavy atom. The van der Waals surface area contributed by atoms with Gasteiger partial charge < -0.3 is 0 Å². The zero-order chi connectivity index (χ0) is 6.69. The highest BCUT2D eigenvalue weighted by molar-refractivity contribution is 5.26. The summed E-state index contributed by atoms with van der Waals surface area (Å²) in [5.74, 6) is -0.0666. The molecule has 1 heteroatoms. The zero-order valence-corrected chi connectivity index (χ0v) is 5.39. The van der Waals surface area contributed by atoms with Crippen LogP contribution in [0.3, 0.4) is 0 Å². The van der Waals surface area contributed by atoms with Gasteiger partial charge in [-0.25, -0.2) is 4.39 Å². The highest BCUT2D eigenvalue weighted by Gasteiger charge is 1.92. The van der Waals surface area contributed by atoms with Gasteiger partial charge in [-0.05, 0) is 13.0 Å². The normalized spacial score (nSPS) is 18.4. The third-order valence-electron chi connectivity index (χ3n) is 1.26. The average molecular weight is 124 g/mol. The average Bonchev–Trinajstić information content (AvgIpc) is 1.97. The Morgan fingerprint density at radius 1 is 1.56 bits per heavy atom. The monoisotopic (exact) mass is 124 g/mol. The van der Waals surface area contributed by atoms with Crippen molar-refractivity contribution < 1.29 is 4.39 Å². The quantitative estimate of drug-likeness (QED) is 0.465. The van der Waals surface area contributed by atoms with E-state index in [9.17, 15) is 4.39 Å². The van der Waals surface area contributed by atoms with Gasteiger partial charge in [0, 0.05) is 6.42 Å². The first-order chi connectivity index (χ1) is 4.29. The van der Waals surface area contributed by atoms with Crippen molar-refractivity contribution in [3.63, 3.8) is 0 Å². The highest BCUT2D eigenvalue weighted by Crippen LogP contribution is 2.11. The van der Waals surface area contributed by atoms with Gasteiger partial charge in [0.05, 0.1) is 0 Å². The summed E-state index contributed by atoms with van der Waals surface area (Å²) in [6, 6.07) is 0. The maximum absolute atomic E-state index is 12.4. The Balaban J connectivity index is 2.75. The number of rotatable bonds is 0. The van der Waals surface area contributed by atoms with Crippen molar-refractivity contribution in [1.82, 2.24) is 0 Å². The molecule has 0 saturated heterocycles. The Hall–Kier alpha value is -0.850. The Kier molecular flexibility index (Phi) is 1.83. The first-order valence-electron chi connectivity index (χ1n) is 2.98. The van der Waals surface area contributed by atoms with Crippen molar-refractivity contribution in [3.05, 3.63) is 35.7 Å². The molecule has 0 aromatic heterocycles. The molecule has 9 heavy (non-hydrogen) atoms. The molecule has 1 aliphatic rings. The molecule has 0 spiro atoms. The largest absolute Gasteiger partial charge is 0.211 e. The van der Waals surface area contributed by atoms with Gasteiger partial charge in [0.1, 0.15) is 5.83 Å². The number of hydrogen-bond donors (Lipinski definition) is 0. The molecule has 0 atom stereocenters. The summed E-state index contributed by atoms with van der Waals surface area (Å²) in [4.78, 5) is 0. The van der Waals surface area contributed by atoms with Gasteiger partial charge in [-0.1, -0.05) is 23.8 Å². The summed E-state index contributed by atoms with van der Waals surface area (Å²) in [7, 11) is 0. The lowest BCUT2D eigenvalue weighted by Gasteiger charge is -1.85. The lowest BCUT2D eigenvalue weighted by molar-refractivity contribution is 0.618. The summed E-state index contributed by atoms with van der Waals surface area (Å²) < 4.78 is 12.4. The predicted octanol–water partition coefficient (Wildman–Crippen LogP) is 2.75. The van der Waals surface area contributed by atoms with Crippen LogP contribution in [-0.2, 0) is 0 Å². The molecule has 1 aliphatic carbocycles. The van der Waals surface area contributed by atoms with Crippen LogP contribution in [0.25, 0.3) is 0 Å². The first-order valence-corrected chi connectivity index (χ1v) is 2.98. The van der Waals surface area contributed by atoms with Crippen molar-refractivity contribution in [2.45, 2.75) is 13.3 Å². The van der Waals surface area contributed by atoms with E-state index in [2.05, 4.69) is 0 Å². The van der Waals surface area contributed by atoms with Gasteiger partial charge in [0.15, 0.2) is 0 Å². The van der Waals surface area contributed by atoms with E-state index < -0.39 is 0 Å². The molecule has 0 bridgehead atoms. The maximum atomic E-state index is 12.4. The van der Waals surface area contributed by atoms with Crippen LogP contribution in [0.1, 0.15) is 13.3 Å². The fourth-order valence-electron chi connectivity index (χ4n) is 0.699. The van der Waals surface area contributed by atoms with Crippen LogP contribution in [0, 0.1) is 0 Å². The van der Waals surface area contributed by atoms with Crippen LogP contribution in [0.4, 0.5) is 4.39 Å². The van der Waals surface area contributed by atoms with Gasteiger partial charge in [0.25, 0.3) is 0 Å². The third kappa shape index (κ3) is 1.84. The van der Waals surface area contributed by atoms with Crippen LogP contribution in [0.15, 0.2) is 35.7 Å². The van der Waals surface area contributed by atoms with E-state index in [-0.39, 0.29) is 5.83 Å². The lowest BCUT2D eigenvalue weighted by Crippen LogP contribution is -1.67. The van der Waals surface area contributed by atoms with Crippen molar-refractivity contribution in [3.8, 4) is 0 Å². The fraction of sp³-hybridized carbons (Fsp3) is 0.250. The SMILES string of the molecule is CC1=CCC(F)=CC=C1. The summed E-state index contributed by atoms with van der Waals surface area (Å²) in [5, 5.41) is 0. The van der Waals surface area contributed by atoms with Crippen molar-refractivity contribution in [2.24, 2.45) is 0 Å². The number of hydrogen-bond acceptors (Lipinski definition) is 0. The third-order valence-corrected chi connectivity index (χ3v) is 1.26. The van der Waals surface area contributed by atoms with Gasteiger partial charge in [-0.3, -0.25) is 0 Å². The maximum Gasteiger partial charge on any atom is 0.104 e. The molecule has 0 heterocycles. The second-order valence-electron chi connectivity index (χ2n) is 2.12. The minimum absolute atomic E-state index is 0.0666. The van der Waals surface area contributed by atoms with E-state index >= 15 is 0 Å². The molecule has 0 nitrogen and oxygen atoms in total. The Labute approximate surface area is 54.4 Å². The van der Waals surface area contributed by atoms with E-state index in [0.717, 1.165) is 5.57 Å². The van der Waals surface area contributed by atoms with Crippen molar-refractivity contribution in [1.29, 1.82) is 0 Å². The van der Waals surface area contributed by atoms with Crippen LogP contribution >= 0.6 is 0 Å². The smallest absolute Gasteiger partial charge is 0.104 e. The van der Waals surface area contributed by atoms with Crippen molar-refractivity contribution in [2.75, 3.05) is 0 Å². The second-order valence-corrected chi connectivity index (χ2v) is 2.12. The lowest BCUT2D eigenvalue weighted by atomic mass is 10.2. The van der Waals surface area contributed by atoms with Gasteiger partial charge in [-0.2, -0.15) is 0 Å². The minimum Gasteiger partial charge on any atom is -0.211 e. The zero-order valence-electron chi connectivity index (χ0n) is 5.39. The van der Waals surface area contributed by atoms with E-state index in [1.807, 2.05) is 19.1 Å². The van der Waals surface area contributed by atoms with Crippen LogP contribution in [0.5, 0.6) is 0 Å². The van der Waals surface area contributed by atoms with Gasteiger partial charge in [-0.15, -0.1) is 0 Å². The standard InChI is InChI=1S/C8H9F/c1-7-3-2-4-8(9)6-5-7/h2-5H,6H2,1H3. The second kappa shape index (κ2) is 2.62. The number of halogens is 1. The number of allylic oxidation sites excluding steroid dienone is 6. The van der Waals surface area contributed by atoms with Crippen LogP contribution in [-0.4, -0.2) is 0 Å². The minimum atomic E-state index is -0.0666. The molecule has 0 unspecified atom stereocenters. The fourth-order valence-corrected chi connectivity index (χ4v) is 0.699. The summed E-state index contributed by atoms with van der Waals surface area (Å²) >= 11 is 0. The molecule has 0 fully saturated rings. The summed E-state index contributed by atoms with van der Waals surface area (Å²) in [6.45, 7) is 1.96. The molecule has 0 aromatic carbocycles. The Morgan fingerprint density at radius 3 is 3.11 bits per heavy atom. The summed E-state index contributed by atoms with van der Waals surface area (Å²) in [5.41, 5.74) is 1.12. The molecule has 1 rings (SSSR count). The summed E-state index contributed by atoms with van der Waals surface area (Å²) in [6.07, 6.45) is 7.43. The van der Waals surface area contributed by atoms with E-state index in [4.69, 9.17) is 0 Å². The van der Waals surface area contributed by atoms with Gasteiger partial charge in [0.2, 0.25) is 0 Å². The van der Waals surface area contributed by atoms with Crippen LogP contribution in [0.2, 0.25) is 0 Å². The molecule has 0 aromatic rings. The Bertz CT molecular complexity index is 182. The molecule has 0 saturated carbocycles. The molecule has 0 aliphatic heterocycles. The molecule has 0 N–H and O–H groups in total. The van der Waals surface area contributed by atoms with Gasteiger partial charge >= 0.3 is 0 Å². The first kappa shape index (κ1) is 6.27. The van der Waals surface area contributed by atoms with E-state index in [1.54, 1.807) is 6.08 Å². The molecule has 48 valence electrons.